The number of aliphatic hydroxyl groups excluding tert-OH is 1. The maximum atomic E-state index is 13.1. The number of hydrogen-bond acceptors (Lipinski definition) is 15. The Morgan fingerprint density at radius 3 is 0.683 bits per heavy atom. The van der Waals surface area contributed by atoms with Crippen molar-refractivity contribution >= 4 is 39.5 Å². The van der Waals surface area contributed by atoms with Crippen LogP contribution in [0, 0.1) is 5.92 Å². The van der Waals surface area contributed by atoms with Crippen LogP contribution in [0.2, 0.25) is 0 Å². The van der Waals surface area contributed by atoms with Crippen LogP contribution in [0.25, 0.3) is 0 Å². The second-order valence-corrected chi connectivity index (χ2v) is 33.7. The summed E-state index contributed by atoms with van der Waals surface area (Å²) in [5.41, 5.74) is 0. The third kappa shape index (κ3) is 76.8. The van der Waals surface area contributed by atoms with E-state index in [-0.39, 0.29) is 25.7 Å². The van der Waals surface area contributed by atoms with Gasteiger partial charge in [-0.25, -0.2) is 9.13 Å². The van der Waals surface area contributed by atoms with E-state index in [2.05, 4.69) is 34.6 Å². The Labute approximate surface area is 638 Å². The van der Waals surface area contributed by atoms with Gasteiger partial charge in [-0.1, -0.05) is 407 Å². The monoisotopic (exact) mass is 1520 g/mol. The molecule has 3 unspecified atom stereocenters. The van der Waals surface area contributed by atoms with Crippen molar-refractivity contribution in [3.63, 3.8) is 0 Å². The van der Waals surface area contributed by atoms with E-state index in [0.717, 1.165) is 95.8 Å². The molecule has 0 aliphatic carbocycles. The number of carbonyl (C=O) groups excluding carboxylic acids is 4. The van der Waals surface area contributed by atoms with Gasteiger partial charge in [-0.05, 0) is 31.6 Å². The van der Waals surface area contributed by atoms with Gasteiger partial charge in [-0.2, -0.15) is 0 Å². The van der Waals surface area contributed by atoms with Crippen LogP contribution in [-0.2, 0) is 65.4 Å². The molecule has 0 saturated heterocycles. The minimum Gasteiger partial charge on any atom is -0.462 e. The molecule has 0 aliphatic rings. The molecule has 3 N–H and O–H groups in total. The molecular formula is C85H166O17P2. The first kappa shape index (κ1) is 102. The zero-order valence-corrected chi connectivity index (χ0v) is 70.0. The van der Waals surface area contributed by atoms with Crippen LogP contribution in [0.5, 0.6) is 0 Å². The highest BCUT2D eigenvalue weighted by atomic mass is 31.2. The maximum Gasteiger partial charge on any atom is 0.472 e. The standard InChI is InChI=1S/C85H166O17P2/c1-6-10-13-16-19-22-24-26-28-30-31-32-33-34-36-42-46-51-56-61-66-71-85(90)102-81(75-96-83(88)69-64-59-54-49-44-40-38-37-39-43-48-52-57-62-67-78(5)9-4)77-100-104(93,94)98-73-79(86)72-97-103(91,92)99-76-80(74-95-82(87)68-63-58-53-47-21-18-15-12-8-3)101-84(89)70-65-60-55-50-45-41-35-29-27-25-23-20-17-14-11-7-2/h78-81,86H,6-77H2,1-5H3,(H,91,92)(H,93,94)/t78?,79-,80+,81+/m0/s1. The van der Waals surface area contributed by atoms with Crippen molar-refractivity contribution in [1.82, 2.24) is 0 Å². The zero-order chi connectivity index (χ0) is 76.2. The minimum absolute atomic E-state index is 0.109. The Kier molecular flexibility index (Phi) is 76.3. The quantitative estimate of drug-likeness (QED) is 0.0222. The SMILES string of the molecule is CCCCCCCCCCCCCCCCCCCCCCCC(=O)O[C@H](COC(=O)CCCCCCCCCCCCCCCCC(C)CC)COP(=O)(O)OC[C@@H](O)COP(=O)(O)OC[C@@H](COC(=O)CCCCCCCCCCC)OC(=O)CCCCCCCCCCCCCCCCCC. The number of esters is 4. The zero-order valence-electron chi connectivity index (χ0n) is 68.2. The van der Waals surface area contributed by atoms with Crippen LogP contribution < -0.4 is 0 Å². The van der Waals surface area contributed by atoms with Gasteiger partial charge < -0.3 is 33.8 Å². The van der Waals surface area contributed by atoms with E-state index in [1.807, 2.05) is 0 Å². The number of ether oxygens (including phenoxy) is 4. The number of aliphatic hydroxyl groups is 1. The lowest BCUT2D eigenvalue weighted by Gasteiger charge is -2.21. The fourth-order valence-electron chi connectivity index (χ4n) is 13.3. The van der Waals surface area contributed by atoms with E-state index >= 15 is 0 Å². The first-order chi connectivity index (χ1) is 50.6. The van der Waals surface area contributed by atoms with Gasteiger partial charge in [0.15, 0.2) is 12.2 Å². The van der Waals surface area contributed by atoms with E-state index in [4.69, 9.17) is 37.0 Å². The molecule has 0 saturated carbocycles. The third-order valence-corrected chi connectivity index (χ3v) is 22.3. The molecule has 0 bridgehead atoms. The Morgan fingerprint density at radius 1 is 0.269 bits per heavy atom. The first-order valence-corrected chi connectivity index (χ1v) is 47.2. The highest BCUT2D eigenvalue weighted by Crippen LogP contribution is 2.45. The lowest BCUT2D eigenvalue weighted by Crippen LogP contribution is -2.30. The average Bonchev–Trinajstić information content (AvgIpc) is 0.907. The van der Waals surface area contributed by atoms with Crippen molar-refractivity contribution in [3.8, 4) is 0 Å². The number of unbranched alkanes of at least 4 members (excludes halogenated alkanes) is 56. The first-order valence-electron chi connectivity index (χ1n) is 44.2. The largest absolute Gasteiger partial charge is 0.472 e. The van der Waals surface area contributed by atoms with Crippen LogP contribution in [-0.4, -0.2) is 96.7 Å². The average molecular weight is 1520 g/mol. The number of carbonyl (C=O) groups is 4. The normalized spacial score (nSPS) is 14.0. The molecule has 17 nitrogen and oxygen atoms in total. The van der Waals surface area contributed by atoms with Crippen LogP contribution in [0.3, 0.4) is 0 Å². The molecule has 104 heavy (non-hydrogen) atoms. The van der Waals surface area contributed by atoms with E-state index in [1.165, 1.54) is 283 Å². The number of hydrogen-bond donors (Lipinski definition) is 3. The summed E-state index contributed by atoms with van der Waals surface area (Å²) in [6.45, 7) is 7.40. The van der Waals surface area contributed by atoms with Crippen molar-refractivity contribution in [3.05, 3.63) is 0 Å². The van der Waals surface area contributed by atoms with Gasteiger partial charge in [0.25, 0.3) is 0 Å². The molecule has 0 radical (unpaired) electrons. The van der Waals surface area contributed by atoms with Crippen molar-refractivity contribution in [1.29, 1.82) is 0 Å². The van der Waals surface area contributed by atoms with Crippen molar-refractivity contribution < 1.29 is 80.2 Å². The van der Waals surface area contributed by atoms with Crippen molar-refractivity contribution in [2.24, 2.45) is 5.92 Å². The second-order valence-electron chi connectivity index (χ2n) is 30.8. The van der Waals surface area contributed by atoms with Crippen LogP contribution >= 0.6 is 15.6 Å². The molecule has 0 spiro atoms. The number of phosphoric acid groups is 2. The summed E-state index contributed by atoms with van der Waals surface area (Å²) in [4.78, 5) is 73.1. The lowest BCUT2D eigenvalue weighted by atomic mass is 9.99. The van der Waals surface area contributed by atoms with Gasteiger partial charge in [0.05, 0.1) is 26.4 Å². The molecule has 0 heterocycles. The molecule has 0 aromatic rings. The van der Waals surface area contributed by atoms with E-state index < -0.39 is 97.5 Å². The van der Waals surface area contributed by atoms with Crippen LogP contribution in [0.1, 0.15) is 458 Å². The van der Waals surface area contributed by atoms with Crippen molar-refractivity contribution in [2.45, 2.75) is 477 Å². The third-order valence-electron chi connectivity index (χ3n) is 20.4. The van der Waals surface area contributed by atoms with Gasteiger partial charge in [0.1, 0.15) is 19.3 Å². The molecule has 0 aromatic carbocycles. The lowest BCUT2D eigenvalue weighted by molar-refractivity contribution is -0.161. The van der Waals surface area contributed by atoms with Gasteiger partial charge in [0.2, 0.25) is 0 Å². The molecule has 19 heteroatoms. The summed E-state index contributed by atoms with van der Waals surface area (Å²) in [5.74, 6) is -1.25. The summed E-state index contributed by atoms with van der Waals surface area (Å²) in [6, 6.07) is 0. The fraction of sp³-hybridized carbons (Fsp3) is 0.953. The maximum absolute atomic E-state index is 13.1. The Morgan fingerprint density at radius 2 is 0.462 bits per heavy atom. The minimum atomic E-state index is -4.96. The fourth-order valence-corrected chi connectivity index (χ4v) is 14.8. The van der Waals surface area contributed by atoms with E-state index in [0.29, 0.717) is 25.7 Å². The van der Waals surface area contributed by atoms with Crippen molar-refractivity contribution in [2.75, 3.05) is 39.6 Å². The highest BCUT2D eigenvalue weighted by molar-refractivity contribution is 7.47. The summed E-state index contributed by atoms with van der Waals surface area (Å²) in [7, 11) is -9.92. The molecule has 618 valence electrons. The number of phosphoric ester groups is 2. The van der Waals surface area contributed by atoms with Crippen LogP contribution in [0.15, 0.2) is 0 Å². The van der Waals surface area contributed by atoms with Gasteiger partial charge in [-0.3, -0.25) is 37.3 Å². The second kappa shape index (κ2) is 77.8. The summed E-state index contributed by atoms with van der Waals surface area (Å²) in [5, 5.41) is 10.7. The van der Waals surface area contributed by atoms with Gasteiger partial charge >= 0.3 is 39.5 Å². The molecule has 0 fully saturated rings. The number of rotatable bonds is 85. The summed E-state index contributed by atoms with van der Waals surface area (Å²) < 4.78 is 68.8. The summed E-state index contributed by atoms with van der Waals surface area (Å²) >= 11 is 0. The molecule has 0 aliphatic heterocycles. The van der Waals surface area contributed by atoms with Gasteiger partial charge in [-0.15, -0.1) is 0 Å². The molecule has 6 atom stereocenters. The molecule has 0 rings (SSSR count). The Balaban J connectivity index is 5.21. The van der Waals surface area contributed by atoms with Gasteiger partial charge in [0, 0.05) is 25.7 Å². The molecular weight excluding hydrogens is 1350 g/mol. The molecule has 0 amide bonds. The Bertz CT molecular complexity index is 1980. The Hall–Kier alpha value is -1.94. The van der Waals surface area contributed by atoms with E-state index in [9.17, 15) is 43.2 Å². The van der Waals surface area contributed by atoms with Crippen LogP contribution in [0.4, 0.5) is 0 Å². The predicted octanol–water partition coefficient (Wildman–Crippen LogP) is 26.0. The van der Waals surface area contributed by atoms with E-state index in [1.54, 1.807) is 0 Å². The smallest absolute Gasteiger partial charge is 0.462 e. The predicted molar refractivity (Wildman–Crippen MR) is 428 cm³/mol. The molecule has 0 aromatic heterocycles. The highest BCUT2D eigenvalue weighted by Gasteiger charge is 2.30. The topological polar surface area (TPSA) is 237 Å². The summed E-state index contributed by atoms with van der Waals surface area (Å²) in [6.07, 6.45) is 70.8.